The summed E-state index contributed by atoms with van der Waals surface area (Å²) in [5.74, 6) is 0.492. The van der Waals surface area contributed by atoms with Crippen molar-refractivity contribution >= 4 is 43.1 Å². The highest BCUT2D eigenvalue weighted by molar-refractivity contribution is 7.94. The maximum absolute atomic E-state index is 14.3. The number of anilines is 2. The molecule has 0 bridgehead atoms. The highest BCUT2D eigenvalue weighted by Gasteiger charge is 2.45. The molecule has 7 nitrogen and oxygen atoms in total. The number of para-hydroxylation sites is 1. The van der Waals surface area contributed by atoms with Gasteiger partial charge < -0.3 is 19.4 Å². The van der Waals surface area contributed by atoms with E-state index in [1.54, 1.807) is 18.4 Å². The molecular weight excluding hydrogens is 546 g/mol. The Kier molecular flexibility index (Phi) is 6.72. The monoisotopic (exact) mass is 577 g/mol. The van der Waals surface area contributed by atoms with Gasteiger partial charge in [-0.25, -0.2) is 8.42 Å². The number of nitrogens with zero attached hydrogens (tertiary/aromatic N) is 1. The summed E-state index contributed by atoms with van der Waals surface area (Å²) in [7, 11) is -4.11. The molecule has 1 aromatic heterocycles. The third-order valence-electron chi connectivity index (χ3n) is 7.95. The molecule has 0 radical (unpaired) electrons. The third-order valence-corrected chi connectivity index (χ3v) is 9.75. The molecule has 2 N–H and O–H groups in total. The van der Waals surface area contributed by atoms with Crippen LogP contribution < -0.4 is 19.7 Å². The van der Waals surface area contributed by atoms with Crippen LogP contribution in [0.15, 0.2) is 120 Å². The zero-order valence-corrected chi connectivity index (χ0v) is 23.8. The molecule has 2 aliphatic rings. The summed E-state index contributed by atoms with van der Waals surface area (Å²) in [6.07, 6.45) is 8.82. The van der Waals surface area contributed by atoms with Crippen LogP contribution in [0.2, 0.25) is 0 Å². The first-order chi connectivity index (χ1) is 20.5. The van der Waals surface area contributed by atoms with E-state index in [9.17, 15) is 8.42 Å². The van der Waals surface area contributed by atoms with Crippen molar-refractivity contribution in [2.75, 3.05) is 35.8 Å². The molecule has 42 heavy (non-hydrogen) atoms. The van der Waals surface area contributed by atoms with E-state index in [1.165, 1.54) is 0 Å². The molecule has 212 valence electrons. The molecular formula is C34H31N3O4S. The molecule has 1 saturated heterocycles. The van der Waals surface area contributed by atoms with Crippen molar-refractivity contribution in [2.24, 2.45) is 0 Å². The number of benzene rings is 4. The zero-order valence-electron chi connectivity index (χ0n) is 23.0. The van der Waals surface area contributed by atoms with E-state index in [-0.39, 0.29) is 6.42 Å². The van der Waals surface area contributed by atoms with Crippen LogP contribution in [0, 0.1) is 0 Å². The fourth-order valence-corrected chi connectivity index (χ4v) is 7.21. The summed E-state index contributed by atoms with van der Waals surface area (Å²) in [4.78, 5) is 0.555. The lowest BCUT2D eigenvalue weighted by Crippen LogP contribution is -2.46. The number of furan rings is 1. The number of sulfonamides is 1. The highest BCUT2D eigenvalue weighted by atomic mass is 32.2. The average Bonchev–Trinajstić information content (AvgIpc) is 3.50. The Morgan fingerprint density at radius 2 is 1.64 bits per heavy atom. The predicted octanol–water partition coefficient (Wildman–Crippen LogP) is 6.70. The molecule has 1 atom stereocenters. The van der Waals surface area contributed by atoms with E-state index < -0.39 is 15.0 Å². The topological polar surface area (TPSA) is 83.8 Å². The normalized spacial score (nSPS) is 18.9. The van der Waals surface area contributed by atoms with Gasteiger partial charge >= 0.3 is 0 Å². The summed E-state index contributed by atoms with van der Waals surface area (Å²) < 4.78 is 44.0. The molecule has 7 rings (SSSR count). The summed E-state index contributed by atoms with van der Waals surface area (Å²) in [5.41, 5.74) is 3.88. The van der Waals surface area contributed by atoms with E-state index in [4.69, 9.17) is 9.15 Å². The van der Waals surface area contributed by atoms with Gasteiger partial charge in [0.05, 0.1) is 17.6 Å². The first-order valence-corrected chi connectivity index (χ1v) is 15.6. The number of hydrogen-bond acceptors (Lipinski definition) is 6. The van der Waals surface area contributed by atoms with Crippen LogP contribution in [0.4, 0.5) is 11.4 Å². The Morgan fingerprint density at radius 1 is 0.857 bits per heavy atom. The molecule has 0 amide bonds. The van der Waals surface area contributed by atoms with E-state index in [1.807, 2.05) is 78.9 Å². The number of fused-ring (bicyclic) bond motifs is 2. The Balaban J connectivity index is 1.28. The summed E-state index contributed by atoms with van der Waals surface area (Å²) >= 11 is 0. The van der Waals surface area contributed by atoms with Crippen molar-refractivity contribution in [3.05, 3.63) is 115 Å². The van der Waals surface area contributed by atoms with Crippen LogP contribution in [-0.4, -0.2) is 39.5 Å². The SMILES string of the molecule is O=S(=O)(Nc1cc(N2CCNCC2)c2occc2c1)C1(Oc2ccccc2-c2cccc3ccccc23)C=CC=CC1. The largest absolute Gasteiger partial charge is 0.465 e. The maximum Gasteiger partial charge on any atom is 0.278 e. The lowest BCUT2D eigenvalue weighted by Gasteiger charge is -2.33. The molecule has 1 aliphatic carbocycles. The Labute approximate surface area is 245 Å². The molecule has 0 spiro atoms. The molecule has 1 fully saturated rings. The number of piperazine rings is 1. The second kappa shape index (κ2) is 10.7. The second-order valence-corrected chi connectivity index (χ2v) is 12.5. The molecule has 2 heterocycles. The fourth-order valence-electron chi connectivity index (χ4n) is 5.84. The Morgan fingerprint density at radius 3 is 2.50 bits per heavy atom. The molecule has 5 aromatic rings. The van der Waals surface area contributed by atoms with E-state index in [0.717, 1.165) is 64.7 Å². The van der Waals surface area contributed by atoms with E-state index in [0.29, 0.717) is 11.4 Å². The van der Waals surface area contributed by atoms with Gasteiger partial charge in [-0.15, -0.1) is 0 Å². The van der Waals surface area contributed by atoms with Crippen LogP contribution in [0.1, 0.15) is 6.42 Å². The van der Waals surface area contributed by atoms with Gasteiger partial charge in [0.15, 0.2) is 5.58 Å². The molecule has 1 aliphatic heterocycles. The molecule has 1 unspecified atom stereocenters. The van der Waals surface area contributed by atoms with Gasteiger partial charge in [0.2, 0.25) is 4.93 Å². The van der Waals surface area contributed by atoms with Crippen molar-refractivity contribution in [1.29, 1.82) is 0 Å². The molecule has 4 aromatic carbocycles. The van der Waals surface area contributed by atoms with Crippen LogP contribution >= 0.6 is 0 Å². The summed E-state index contributed by atoms with van der Waals surface area (Å²) in [5, 5.41) is 6.36. The number of rotatable bonds is 7. The van der Waals surface area contributed by atoms with Gasteiger partial charge in [-0.2, -0.15) is 0 Å². The average molecular weight is 578 g/mol. The predicted molar refractivity (Wildman–Crippen MR) is 169 cm³/mol. The minimum Gasteiger partial charge on any atom is -0.465 e. The number of hydrogen-bond donors (Lipinski definition) is 2. The second-order valence-electron chi connectivity index (χ2n) is 10.6. The van der Waals surface area contributed by atoms with Gasteiger partial charge in [0.25, 0.3) is 10.0 Å². The standard InChI is InChI=1S/C34H31N3O4S/c38-42(39,36-27-23-26-15-22-40-33(26)31(24-27)37-20-18-35-19-21-37)34(16-6-1-7-17-34)41-32-14-5-4-12-30(32)29-13-8-10-25-9-2-3-11-28(25)29/h1-16,22-24,35-36H,17-21H2. The van der Waals surface area contributed by atoms with Crippen molar-refractivity contribution in [1.82, 2.24) is 5.32 Å². The third kappa shape index (κ3) is 4.72. The van der Waals surface area contributed by atoms with E-state index >= 15 is 0 Å². The minimum atomic E-state index is -4.11. The van der Waals surface area contributed by atoms with Crippen LogP contribution in [0.25, 0.3) is 32.9 Å². The van der Waals surface area contributed by atoms with Crippen LogP contribution in [-0.2, 0) is 10.0 Å². The Hall–Kier alpha value is -4.53. The Bertz CT molecular complexity index is 1930. The molecule has 8 heteroatoms. The fraction of sp³-hybridized carbons (Fsp3) is 0.176. The van der Waals surface area contributed by atoms with Crippen LogP contribution in [0.3, 0.4) is 0 Å². The number of ether oxygens (including phenoxy) is 1. The number of nitrogens with one attached hydrogen (secondary N) is 2. The van der Waals surface area contributed by atoms with Crippen molar-refractivity contribution in [3.8, 4) is 16.9 Å². The highest BCUT2D eigenvalue weighted by Crippen LogP contribution is 2.40. The van der Waals surface area contributed by atoms with Crippen molar-refractivity contribution in [2.45, 2.75) is 11.4 Å². The van der Waals surface area contributed by atoms with Crippen molar-refractivity contribution < 1.29 is 17.6 Å². The molecule has 0 saturated carbocycles. The van der Waals surface area contributed by atoms with Gasteiger partial charge in [-0.1, -0.05) is 78.9 Å². The van der Waals surface area contributed by atoms with Gasteiger partial charge in [0.1, 0.15) is 5.75 Å². The maximum atomic E-state index is 14.3. The van der Waals surface area contributed by atoms with Gasteiger partial charge in [-0.3, -0.25) is 4.72 Å². The quantitative estimate of drug-likeness (QED) is 0.224. The number of allylic oxidation sites excluding steroid dienone is 2. The zero-order chi connectivity index (χ0) is 28.6. The first kappa shape index (κ1) is 26.4. The first-order valence-electron chi connectivity index (χ1n) is 14.1. The smallest absolute Gasteiger partial charge is 0.278 e. The minimum absolute atomic E-state index is 0.154. The summed E-state index contributed by atoms with van der Waals surface area (Å²) in [6.45, 7) is 3.31. The van der Waals surface area contributed by atoms with Crippen molar-refractivity contribution in [3.63, 3.8) is 0 Å². The van der Waals surface area contributed by atoms with Crippen LogP contribution in [0.5, 0.6) is 5.75 Å². The lowest BCUT2D eigenvalue weighted by atomic mass is 9.97. The van der Waals surface area contributed by atoms with E-state index in [2.05, 4.69) is 33.1 Å². The summed E-state index contributed by atoms with van der Waals surface area (Å²) in [6, 6.07) is 27.4. The lowest BCUT2D eigenvalue weighted by molar-refractivity contribution is 0.204. The van der Waals surface area contributed by atoms with Gasteiger partial charge in [-0.05, 0) is 46.7 Å². The van der Waals surface area contributed by atoms with Gasteiger partial charge in [0, 0.05) is 43.5 Å².